The third kappa shape index (κ3) is 3.46. The van der Waals surface area contributed by atoms with Crippen molar-refractivity contribution in [3.63, 3.8) is 0 Å². The molecule has 1 N–H and O–H groups in total. The van der Waals surface area contributed by atoms with E-state index < -0.39 is 0 Å². The van der Waals surface area contributed by atoms with Gasteiger partial charge in [-0.2, -0.15) is 0 Å². The first-order valence-corrected chi connectivity index (χ1v) is 6.88. The molecule has 1 heterocycles. The molecule has 1 aliphatic rings. The molecule has 0 saturated carbocycles. The van der Waals surface area contributed by atoms with E-state index in [4.69, 9.17) is 0 Å². The zero-order chi connectivity index (χ0) is 12.3. The van der Waals surface area contributed by atoms with Gasteiger partial charge in [-0.05, 0) is 33.1 Å². The molecule has 2 heteroatoms. The van der Waals surface area contributed by atoms with Gasteiger partial charge < -0.3 is 5.32 Å². The van der Waals surface area contributed by atoms with Gasteiger partial charge in [0.2, 0.25) is 0 Å². The summed E-state index contributed by atoms with van der Waals surface area (Å²) in [6, 6.07) is 1.42. The van der Waals surface area contributed by atoms with Gasteiger partial charge in [-0.15, -0.1) is 0 Å². The van der Waals surface area contributed by atoms with E-state index >= 15 is 0 Å². The molecule has 2 unspecified atom stereocenters. The lowest BCUT2D eigenvalue weighted by atomic mass is 9.91. The Morgan fingerprint density at radius 2 is 1.94 bits per heavy atom. The molecule has 0 aliphatic carbocycles. The van der Waals surface area contributed by atoms with Crippen LogP contribution in [0.3, 0.4) is 0 Å². The van der Waals surface area contributed by atoms with Crippen LogP contribution in [0.25, 0.3) is 0 Å². The van der Waals surface area contributed by atoms with Gasteiger partial charge in [0.15, 0.2) is 0 Å². The third-order valence-electron chi connectivity index (χ3n) is 3.84. The summed E-state index contributed by atoms with van der Waals surface area (Å²) in [5, 5.41) is 3.68. The summed E-state index contributed by atoms with van der Waals surface area (Å²) in [5.74, 6) is 0.739. The average molecular weight is 226 g/mol. The van der Waals surface area contributed by atoms with E-state index in [9.17, 15) is 0 Å². The molecule has 2 nitrogen and oxygen atoms in total. The molecule has 0 spiro atoms. The lowest BCUT2D eigenvalue weighted by Crippen LogP contribution is -2.64. The molecule has 2 atom stereocenters. The second kappa shape index (κ2) is 5.50. The van der Waals surface area contributed by atoms with E-state index in [1.165, 1.54) is 19.4 Å². The van der Waals surface area contributed by atoms with Crippen LogP contribution in [-0.4, -0.2) is 35.6 Å². The lowest BCUT2D eigenvalue weighted by molar-refractivity contribution is 0.0345. The fraction of sp³-hybridized carbons (Fsp3) is 1.00. The number of rotatable bonds is 4. The molecule has 1 saturated heterocycles. The Hall–Kier alpha value is -0.0800. The molecule has 0 aromatic rings. The molecule has 0 radical (unpaired) electrons. The number of piperazine rings is 1. The maximum Gasteiger partial charge on any atom is 0.0253 e. The van der Waals surface area contributed by atoms with Crippen molar-refractivity contribution in [1.29, 1.82) is 0 Å². The molecule has 0 aromatic heterocycles. The number of hydrogen-bond donors (Lipinski definition) is 1. The minimum absolute atomic E-state index is 0.271. The molecule has 16 heavy (non-hydrogen) atoms. The summed E-state index contributed by atoms with van der Waals surface area (Å²) in [5.41, 5.74) is 0.271. The number of nitrogens with zero attached hydrogens (tertiary/aromatic N) is 1. The van der Waals surface area contributed by atoms with Crippen LogP contribution in [0, 0.1) is 5.92 Å². The highest BCUT2D eigenvalue weighted by Gasteiger charge is 2.35. The van der Waals surface area contributed by atoms with Crippen molar-refractivity contribution < 1.29 is 0 Å². The predicted molar refractivity (Wildman–Crippen MR) is 71.8 cm³/mol. The van der Waals surface area contributed by atoms with Crippen molar-refractivity contribution in [3.8, 4) is 0 Å². The van der Waals surface area contributed by atoms with E-state index in [-0.39, 0.29) is 5.54 Å². The minimum Gasteiger partial charge on any atom is -0.309 e. The first-order chi connectivity index (χ1) is 7.37. The van der Waals surface area contributed by atoms with Crippen molar-refractivity contribution in [1.82, 2.24) is 10.2 Å². The van der Waals surface area contributed by atoms with E-state index in [1.54, 1.807) is 0 Å². The molecule has 0 amide bonds. The highest BCUT2D eigenvalue weighted by Crippen LogP contribution is 2.24. The summed E-state index contributed by atoms with van der Waals surface area (Å²) in [6.45, 7) is 16.3. The zero-order valence-electron chi connectivity index (χ0n) is 12.0. The Labute approximate surface area is 102 Å². The third-order valence-corrected chi connectivity index (χ3v) is 3.84. The molecular formula is C14H30N2. The standard InChI is InChI=1S/C14H30N2/c1-7-8-12(4)16-10-14(5,6)15-9-13(16)11(2)3/h11-13,15H,7-10H2,1-6H3. The fourth-order valence-electron chi connectivity index (χ4n) is 2.81. The maximum atomic E-state index is 3.68. The average Bonchev–Trinajstić information content (AvgIpc) is 2.16. The Bertz CT molecular complexity index is 211. The largest absolute Gasteiger partial charge is 0.309 e. The Kier molecular flexibility index (Phi) is 4.81. The number of hydrogen-bond acceptors (Lipinski definition) is 2. The van der Waals surface area contributed by atoms with E-state index in [2.05, 4.69) is 51.8 Å². The summed E-state index contributed by atoms with van der Waals surface area (Å²) in [6.07, 6.45) is 2.61. The van der Waals surface area contributed by atoms with Crippen molar-refractivity contribution >= 4 is 0 Å². The van der Waals surface area contributed by atoms with Crippen LogP contribution in [0.1, 0.15) is 54.4 Å². The van der Waals surface area contributed by atoms with E-state index in [0.29, 0.717) is 6.04 Å². The molecule has 0 bridgehead atoms. The van der Waals surface area contributed by atoms with E-state index in [1.807, 2.05) is 0 Å². The Morgan fingerprint density at radius 3 is 2.44 bits per heavy atom. The first kappa shape index (κ1) is 14.0. The van der Waals surface area contributed by atoms with Crippen molar-refractivity contribution in [2.45, 2.75) is 72.0 Å². The molecule has 1 aliphatic heterocycles. The topological polar surface area (TPSA) is 15.3 Å². The summed E-state index contributed by atoms with van der Waals surface area (Å²) < 4.78 is 0. The molecule has 0 aromatic carbocycles. The first-order valence-electron chi connectivity index (χ1n) is 6.88. The fourth-order valence-corrected chi connectivity index (χ4v) is 2.81. The zero-order valence-corrected chi connectivity index (χ0v) is 12.0. The van der Waals surface area contributed by atoms with Crippen molar-refractivity contribution in [2.75, 3.05) is 13.1 Å². The SMILES string of the molecule is CCCC(C)N1CC(C)(C)NCC1C(C)C. The smallest absolute Gasteiger partial charge is 0.0253 e. The molecule has 1 rings (SSSR count). The van der Waals surface area contributed by atoms with Crippen LogP contribution in [-0.2, 0) is 0 Å². The normalized spacial score (nSPS) is 28.3. The molecule has 1 fully saturated rings. The predicted octanol–water partition coefficient (Wildman–Crippen LogP) is 2.88. The van der Waals surface area contributed by atoms with E-state index in [0.717, 1.165) is 18.5 Å². The highest BCUT2D eigenvalue weighted by molar-refractivity contribution is 4.95. The van der Waals surface area contributed by atoms with Gasteiger partial charge >= 0.3 is 0 Å². The Morgan fingerprint density at radius 1 is 1.31 bits per heavy atom. The van der Waals surface area contributed by atoms with Crippen LogP contribution >= 0.6 is 0 Å². The van der Waals surface area contributed by atoms with Crippen LogP contribution in [0.4, 0.5) is 0 Å². The van der Waals surface area contributed by atoms with Gasteiger partial charge in [0.1, 0.15) is 0 Å². The van der Waals surface area contributed by atoms with Crippen LogP contribution in [0.5, 0.6) is 0 Å². The quantitative estimate of drug-likeness (QED) is 0.793. The van der Waals surface area contributed by atoms with Crippen LogP contribution < -0.4 is 5.32 Å². The van der Waals surface area contributed by atoms with Gasteiger partial charge in [-0.1, -0.05) is 27.2 Å². The van der Waals surface area contributed by atoms with Crippen LogP contribution in [0.15, 0.2) is 0 Å². The highest BCUT2D eigenvalue weighted by atomic mass is 15.3. The van der Waals surface area contributed by atoms with Gasteiger partial charge in [-0.3, -0.25) is 4.90 Å². The summed E-state index contributed by atoms with van der Waals surface area (Å²) in [7, 11) is 0. The number of nitrogens with one attached hydrogen (secondary N) is 1. The van der Waals surface area contributed by atoms with Gasteiger partial charge in [0, 0.05) is 30.7 Å². The minimum atomic E-state index is 0.271. The lowest BCUT2D eigenvalue weighted by Gasteiger charge is -2.49. The second-order valence-electron chi connectivity index (χ2n) is 6.39. The van der Waals surface area contributed by atoms with Crippen molar-refractivity contribution in [3.05, 3.63) is 0 Å². The Balaban J connectivity index is 2.71. The molecule has 96 valence electrons. The van der Waals surface area contributed by atoms with Gasteiger partial charge in [-0.25, -0.2) is 0 Å². The van der Waals surface area contributed by atoms with Crippen molar-refractivity contribution in [2.24, 2.45) is 5.92 Å². The summed E-state index contributed by atoms with van der Waals surface area (Å²) >= 11 is 0. The summed E-state index contributed by atoms with van der Waals surface area (Å²) in [4.78, 5) is 2.73. The van der Waals surface area contributed by atoms with Gasteiger partial charge in [0.05, 0.1) is 0 Å². The second-order valence-corrected chi connectivity index (χ2v) is 6.39. The van der Waals surface area contributed by atoms with Crippen LogP contribution in [0.2, 0.25) is 0 Å². The maximum absolute atomic E-state index is 3.68. The molecular weight excluding hydrogens is 196 g/mol. The van der Waals surface area contributed by atoms with Gasteiger partial charge in [0.25, 0.3) is 0 Å². The monoisotopic (exact) mass is 226 g/mol.